The lowest BCUT2D eigenvalue weighted by atomic mass is 10.0. The number of methoxy groups -OCH3 is 1. The van der Waals surface area contributed by atoms with Gasteiger partial charge in [0.15, 0.2) is 0 Å². The minimum Gasteiger partial charge on any atom is -0.468 e. The van der Waals surface area contributed by atoms with Crippen LogP contribution in [0.25, 0.3) is 0 Å². The Morgan fingerprint density at radius 2 is 1.95 bits per heavy atom. The van der Waals surface area contributed by atoms with Gasteiger partial charge in [0.25, 0.3) is 0 Å². The summed E-state index contributed by atoms with van der Waals surface area (Å²) in [5.74, 6) is 0.0707. The molecule has 0 aromatic rings. The Morgan fingerprint density at radius 3 is 2.55 bits per heavy atom. The molecular weight excluding hydrogens is 256 g/mol. The van der Waals surface area contributed by atoms with E-state index in [1.165, 1.54) is 7.11 Å². The summed E-state index contributed by atoms with van der Waals surface area (Å²) in [4.78, 5) is 27.7. The van der Waals surface area contributed by atoms with Crippen molar-refractivity contribution in [3.8, 4) is 0 Å². The largest absolute Gasteiger partial charge is 0.468 e. The lowest BCUT2D eigenvalue weighted by Crippen LogP contribution is -2.45. The van der Waals surface area contributed by atoms with Crippen LogP contribution in [0.3, 0.4) is 0 Å². The average molecular weight is 284 g/mol. The van der Waals surface area contributed by atoms with Crippen LogP contribution in [0.1, 0.15) is 46.0 Å². The van der Waals surface area contributed by atoms with Crippen LogP contribution >= 0.6 is 0 Å². The Labute approximate surface area is 122 Å². The highest BCUT2D eigenvalue weighted by Crippen LogP contribution is 2.18. The summed E-state index contributed by atoms with van der Waals surface area (Å²) in [6.45, 7) is 7.26. The third kappa shape index (κ3) is 4.78. The van der Waals surface area contributed by atoms with Gasteiger partial charge in [-0.2, -0.15) is 0 Å². The number of piperidine rings is 1. The van der Waals surface area contributed by atoms with Crippen LogP contribution in [0.15, 0.2) is 0 Å². The molecule has 5 heteroatoms. The third-order valence-corrected chi connectivity index (χ3v) is 4.04. The highest BCUT2D eigenvalue weighted by atomic mass is 16.5. The molecule has 1 rings (SSSR count). The van der Waals surface area contributed by atoms with E-state index in [0.717, 1.165) is 51.9 Å². The fourth-order valence-corrected chi connectivity index (χ4v) is 2.83. The van der Waals surface area contributed by atoms with E-state index in [1.807, 2.05) is 18.7 Å². The highest BCUT2D eigenvalue weighted by molar-refractivity contribution is 5.76. The second kappa shape index (κ2) is 8.95. The minimum atomic E-state index is -0.139. The summed E-state index contributed by atoms with van der Waals surface area (Å²) in [6, 6.07) is -0.114. The molecule has 1 saturated heterocycles. The van der Waals surface area contributed by atoms with E-state index < -0.39 is 0 Å². The van der Waals surface area contributed by atoms with E-state index in [1.54, 1.807) is 0 Å². The Kier molecular flexibility index (Phi) is 7.59. The minimum absolute atomic E-state index is 0.114. The first-order valence-corrected chi connectivity index (χ1v) is 7.73. The molecular formula is C15H28N2O3. The maximum Gasteiger partial charge on any atom is 0.323 e. The predicted molar refractivity (Wildman–Crippen MR) is 78.4 cm³/mol. The van der Waals surface area contributed by atoms with Crippen molar-refractivity contribution in [1.82, 2.24) is 9.80 Å². The fourth-order valence-electron chi connectivity index (χ4n) is 2.83. The highest BCUT2D eigenvalue weighted by Gasteiger charge is 2.29. The number of carbonyl (C=O) groups is 2. The summed E-state index contributed by atoms with van der Waals surface area (Å²) in [5.41, 5.74) is 0. The van der Waals surface area contributed by atoms with Gasteiger partial charge in [0, 0.05) is 19.5 Å². The molecule has 0 radical (unpaired) electrons. The van der Waals surface area contributed by atoms with E-state index in [4.69, 9.17) is 4.74 Å². The van der Waals surface area contributed by atoms with Gasteiger partial charge in [0.05, 0.1) is 7.11 Å². The maximum absolute atomic E-state index is 11.9. The van der Waals surface area contributed by atoms with Gasteiger partial charge in [-0.25, -0.2) is 0 Å². The maximum atomic E-state index is 11.9. The molecule has 1 amide bonds. The fraction of sp³-hybridized carbons (Fsp3) is 0.867. The van der Waals surface area contributed by atoms with Crippen molar-refractivity contribution in [2.24, 2.45) is 0 Å². The van der Waals surface area contributed by atoms with Gasteiger partial charge < -0.3 is 9.64 Å². The monoisotopic (exact) mass is 284 g/mol. The number of nitrogens with zero attached hydrogens (tertiary/aromatic N) is 2. The number of ether oxygens (including phenoxy) is 1. The molecule has 0 spiro atoms. The first-order chi connectivity index (χ1) is 9.63. The zero-order chi connectivity index (χ0) is 15.0. The standard InChI is InChI=1S/C15H28N2O3/c1-4-16(5-2)14(18)10-8-12-17-11-7-6-9-13(17)15(19)20-3/h13H,4-12H2,1-3H3/t13-/m1/s1. The molecule has 0 aromatic heterocycles. The Bertz CT molecular complexity index is 316. The molecule has 1 aliphatic heterocycles. The van der Waals surface area contributed by atoms with Crippen molar-refractivity contribution in [3.63, 3.8) is 0 Å². The number of amides is 1. The van der Waals surface area contributed by atoms with Crippen LogP contribution in [0.5, 0.6) is 0 Å². The number of esters is 1. The summed E-state index contributed by atoms with van der Waals surface area (Å²) in [7, 11) is 1.44. The van der Waals surface area contributed by atoms with Crippen molar-refractivity contribution in [3.05, 3.63) is 0 Å². The molecule has 5 nitrogen and oxygen atoms in total. The molecule has 1 heterocycles. The zero-order valence-electron chi connectivity index (χ0n) is 13.1. The van der Waals surface area contributed by atoms with Crippen LogP contribution in [-0.4, -0.2) is 61.0 Å². The van der Waals surface area contributed by atoms with E-state index in [0.29, 0.717) is 6.42 Å². The first-order valence-electron chi connectivity index (χ1n) is 7.73. The van der Waals surface area contributed by atoms with Gasteiger partial charge in [0.2, 0.25) is 5.91 Å². The number of hydrogen-bond acceptors (Lipinski definition) is 4. The van der Waals surface area contributed by atoms with Crippen LogP contribution in [0.4, 0.5) is 0 Å². The smallest absolute Gasteiger partial charge is 0.323 e. The molecule has 20 heavy (non-hydrogen) atoms. The van der Waals surface area contributed by atoms with Crippen molar-refractivity contribution >= 4 is 11.9 Å². The molecule has 1 atom stereocenters. The SMILES string of the molecule is CCN(CC)C(=O)CCCN1CCCC[C@@H]1C(=O)OC. The van der Waals surface area contributed by atoms with Gasteiger partial charge >= 0.3 is 5.97 Å². The van der Waals surface area contributed by atoms with Gasteiger partial charge in [-0.15, -0.1) is 0 Å². The lowest BCUT2D eigenvalue weighted by Gasteiger charge is -2.33. The third-order valence-electron chi connectivity index (χ3n) is 4.04. The van der Waals surface area contributed by atoms with Crippen LogP contribution in [0.2, 0.25) is 0 Å². The normalized spacial score (nSPS) is 19.6. The predicted octanol–water partition coefficient (Wildman–Crippen LogP) is 1.66. The van der Waals surface area contributed by atoms with Crippen molar-refractivity contribution in [2.75, 3.05) is 33.3 Å². The second-order valence-corrected chi connectivity index (χ2v) is 5.24. The molecule has 1 aliphatic rings. The summed E-state index contributed by atoms with van der Waals surface area (Å²) < 4.78 is 4.86. The number of likely N-dealkylation sites (tertiary alicyclic amines) is 1. The molecule has 116 valence electrons. The van der Waals surface area contributed by atoms with Crippen LogP contribution in [0, 0.1) is 0 Å². The van der Waals surface area contributed by atoms with E-state index >= 15 is 0 Å². The summed E-state index contributed by atoms with van der Waals surface area (Å²) in [5, 5.41) is 0. The van der Waals surface area contributed by atoms with Gasteiger partial charge in [-0.3, -0.25) is 14.5 Å². The van der Waals surface area contributed by atoms with Gasteiger partial charge in [0.1, 0.15) is 6.04 Å². The molecule has 0 saturated carbocycles. The van der Waals surface area contributed by atoms with E-state index in [2.05, 4.69) is 4.90 Å². The van der Waals surface area contributed by atoms with Crippen molar-refractivity contribution in [1.29, 1.82) is 0 Å². The zero-order valence-corrected chi connectivity index (χ0v) is 13.1. The van der Waals surface area contributed by atoms with E-state index in [-0.39, 0.29) is 17.9 Å². The topological polar surface area (TPSA) is 49.9 Å². The van der Waals surface area contributed by atoms with Gasteiger partial charge in [-0.1, -0.05) is 6.42 Å². The van der Waals surface area contributed by atoms with Crippen LogP contribution < -0.4 is 0 Å². The van der Waals surface area contributed by atoms with Crippen molar-refractivity contribution in [2.45, 2.75) is 52.0 Å². The number of carbonyl (C=O) groups excluding carboxylic acids is 2. The average Bonchev–Trinajstić information content (AvgIpc) is 2.48. The Morgan fingerprint density at radius 1 is 1.25 bits per heavy atom. The van der Waals surface area contributed by atoms with Crippen LogP contribution in [-0.2, 0) is 14.3 Å². The molecule has 1 fully saturated rings. The molecule has 0 aliphatic carbocycles. The molecule has 0 aromatic carbocycles. The Hall–Kier alpha value is -1.10. The van der Waals surface area contributed by atoms with Crippen molar-refractivity contribution < 1.29 is 14.3 Å². The second-order valence-electron chi connectivity index (χ2n) is 5.24. The molecule has 0 N–H and O–H groups in total. The Balaban J connectivity index is 2.38. The quantitative estimate of drug-likeness (QED) is 0.667. The van der Waals surface area contributed by atoms with Gasteiger partial charge in [-0.05, 0) is 46.2 Å². The molecule has 0 unspecified atom stereocenters. The molecule has 0 bridgehead atoms. The van der Waals surface area contributed by atoms with E-state index in [9.17, 15) is 9.59 Å². The first kappa shape index (κ1) is 17.0. The number of hydrogen-bond donors (Lipinski definition) is 0. The summed E-state index contributed by atoms with van der Waals surface area (Å²) in [6.07, 6.45) is 4.44. The lowest BCUT2D eigenvalue weighted by molar-refractivity contribution is -0.148. The summed E-state index contributed by atoms with van der Waals surface area (Å²) >= 11 is 0. The number of rotatable bonds is 7.